The summed E-state index contributed by atoms with van der Waals surface area (Å²) in [6.45, 7) is 5.58. The standard InChI is InChI=1S/C17H26ClN/c1-14(2)19-13-17(10-6-3-7-11-17)12-15-8-4-5-9-16(15)18/h4-5,8-9,14,19H,3,6-7,10-13H2,1-2H3. The van der Waals surface area contributed by atoms with Crippen LogP contribution in [0, 0.1) is 5.41 Å². The minimum atomic E-state index is 0.410. The minimum Gasteiger partial charge on any atom is -0.314 e. The van der Waals surface area contributed by atoms with Crippen molar-refractivity contribution in [1.82, 2.24) is 5.32 Å². The van der Waals surface area contributed by atoms with E-state index in [1.54, 1.807) is 0 Å². The van der Waals surface area contributed by atoms with Crippen molar-refractivity contribution in [2.75, 3.05) is 6.54 Å². The van der Waals surface area contributed by atoms with E-state index in [-0.39, 0.29) is 0 Å². The normalized spacial score (nSPS) is 18.7. The van der Waals surface area contributed by atoms with Crippen molar-refractivity contribution in [3.8, 4) is 0 Å². The van der Waals surface area contributed by atoms with Crippen LogP contribution in [0.3, 0.4) is 0 Å². The maximum Gasteiger partial charge on any atom is 0.0438 e. The van der Waals surface area contributed by atoms with Crippen LogP contribution >= 0.6 is 11.6 Å². The zero-order chi connectivity index (χ0) is 13.7. The Morgan fingerprint density at radius 2 is 1.84 bits per heavy atom. The van der Waals surface area contributed by atoms with Crippen LogP contribution in [0.15, 0.2) is 24.3 Å². The highest BCUT2D eigenvalue weighted by Crippen LogP contribution is 2.40. The van der Waals surface area contributed by atoms with E-state index in [0.29, 0.717) is 11.5 Å². The maximum absolute atomic E-state index is 6.35. The predicted octanol–water partition coefficient (Wildman–Crippen LogP) is 4.83. The molecule has 1 fully saturated rings. The van der Waals surface area contributed by atoms with Gasteiger partial charge in [0.2, 0.25) is 0 Å². The van der Waals surface area contributed by atoms with Crippen LogP contribution < -0.4 is 5.32 Å². The van der Waals surface area contributed by atoms with Crippen molar-refractivity contribution < 1.29 is 0 Å². The van der Waals surface area contributed by atoms with Gasteiger partial charge in [0.25, 0.3) is 0 Å². The Labute approximate surface area is 122 Å². The molecule has 1 aromatic carbocycles. The van der Waals surface area contributed by atoms with Crippen LogP contribution in [0.4, 0.5) is 0 Å². The highest BCUT2D eigenvalue weighted by atomic mass is 35.5. The summed E-state index contributed by atoms with van der Waals surface area (Å²) in [6, 6.07) is 8.89. The topological polar surface area (TPSA) is 12.0 Å². The summed E-state index contributed by atoms with van der Waals surface area (Å²) in [5.41, 5.74) is 1.73. The average molecular weight is 280 g/mol. The predicted molar refractivity (Wildman–Crippen MR) is 83.8 cm³/mol. The van der Waals surface area contributed by atoms with Gasteiger partial charge in [-0.3, -0.25) is 0 Å². The van der Waals surface area contributed by atoms with Gasteiger partial charge in [-0.2, -0.15) is 0 Å². The molecule has 0 bridgehead atoms. The first-order chi connectivity index (χ1) is 9.11. The lowest BCUT2D eigenvalue weighted by Crippen LogP contribution is -2.40. The lowest BCUT2D eigenvalue weighted by molar-refractivity contribution is 0.176. The Balaban J connectivity index is 2.11. The van der Waals surface area contributed by atoms with Gasteiger partial charge >= 0.3 is 0 Å². The number of nitrogens with one attached hydrogen (secondary N) is 1. The monoisotopic (exact) mass is 279 g/mol. The molecule has 2 heteroatoms. The molecule has 1 N–H and O–H groups in total. The van der Waals surface area contributed by atoms with Crippen LogP contribution in [-0.4, -0.2) is 12.6 Å². The second-order valence-corrected chi connectivity index (χ2v) is 6.77. The molecule has 2 rings (SSSR count). The van der Waals surface area contributed by atoms with E-state index < -0.39 is 0 Å². The largest absolute Gasteiger partial charge is 0.314 e. The third kappa shape index (κ3) is 4.22. The Morgan fingerprint density at radius 3 is 2.47 bits per heavy atom. The average Bonchev–Trinajstić information content (AvgIpc) is 2.41. The van der Waals surface area contributed by atoms with Crippen molar-refractivity contribution >= 4 is 11.6 Å². The van der Waals surface area contributed by atoms with E-state index in [0.717, 1.165) is 18.0 Å². The first-order valence-corrected chi connectivity index (χ1v) is 7.96. The van der Waals surface area contributed by atoms with E-state index in [1.807, 2.05) is 12.1 Å². The SMILES string of the molecule is CC(C)NCC1(Cc2ccccc2Cl)CCCCC1. The van der Waals surface area contributed by atoms with Gasteiger partial charge in [0.05, 0.1) is 0 Å². The van der Waals surface area contributed by atoms with Gasteiger partial charge in [-0.15, -0.1) is 0 Å². The number of hydrogen-bond acceptors (Lipinski definition) is 1. The molecular weight excluding hydrogens is 254 g/mol. The van der Waals surface area contributed by atoms with Gasteiger partial charge in [0.1, 0.15) is 0 Å². The maximum atomic E-state index is 6.35. The molecule has 0 amide bonds. The van der Waals surface area contributed by atoms with E-state index in [2.05, 4.69) is 31.3 Å². The molecular formula is C17H26ClN. The van der Waals surface area contributed by atoms with Gasteiger partial charge in [-0.05, 0) is 36.3 Å². The van der Waals surface area contributed by atoms with Crippen molar-refractivity contribution in [1.29, 1.82) is 0 Å². The second-order valence-electron chi connectivity index (χ2n) is 6.36. The van der Waals surface area contributed by atoms with Gasteiger partial charge in [-0.1, -0.05) is 62.9 Å². The second kappa shape index (κ2) is 6.76. The highest BCUT2D eigenvalue weighted by Gasteiger charge is 2.32. The molecule has 1 aromatic rings. The molecule has 106 valence electrons. The summed E-state index contributed by atoms with van der Waals surface area (Å²) in [4.78, 5) is 0. The fraction of sp³-hybridized carbons (Fsp3) is 0.647. The van der Waals surface area contributed by atoms with Crippen LogP contribution in [0.25, 0.3) is 0 Å². The molecule has 0 saturated heterocycles. The van der Waals surface area contributed by atoms with Crippen molar-refractivity contribution in [2.24, 2.45) is 5.41 Å². The Kier molecular flexibility index (Phi) is 5.29. The molecule has 1 aliphatic rings. The fourth-order valence-corrected chi connectivity index (χ4v) is 3.39. The summed E-state index contributed by atoms with van der Waals surface area (Å²) in [6.07, 6.45) is 7.91. The van der Waals surface area contributed by atoms with Crippen molar-refractivity contribution in [3.05, 3.63) is 34.9 Å². The smallest absolute Gasteiger partial charge is 0.0438 e. The first-order valence-electron chi connectivity index (χ1n) is 7.58. The number of halogens is 1. The summed E-state index contributed by atoms with van der Waals surface area (Å²) >= 11 is 6.35. The zero-order valence-corrected chi connectivity index (χ0v) is 13.0. The molecule has 19 heavy (non-hydrogen) atoms. The van der Waals surface area contributed by atoms with Crippen molar-refractivity contribution in [3.63, 3.8) is 0 Å². The first kappa shape index (κ1) is 14.9. The Bertz CT molecular complexity index is 394. The highest BCUT2D eigenvalue weighted by molar-refractivity contribution is 6.31. The van der Waals surface area contributed by atoms with Gasteiger partial charge in [0.15, 0.2) is 0 Å². The molecule has 0 spiro atoms. The Morgan fingerprint density at radius 1 is 1.16 bits per heavy atom. The van der Waals surface area contributed by atoms with Crippen LogP contribution in [-0.2, 0) is 6.42 Å². The molecule has 0 aromatic heterocycles. The lowest BCUT2D eigenvalue weighted by Gasteiger charge is -2.38. The molecule has 0 unspecified atom stereocenters. The lowest BCUT2D eigenvalue weighted by atomic mass is 9.70. The van der Waals surface area contributed by atoms with E-state index >= 15 is 0 Å². The zero-order valence-electron chi connectivity index (χ0n) is 12.2. The Hall–Kier alpha value is -0.530. The van der Waals surface area contributed by atoms with Gasteiger partial charge in [-0.25, -0.2) is 0 Å². The number of benzene rings is 1. The summed E-state index contributed by atoms with van der Waals surface area (Å²) < 4.78 is 0. The summed E-state index contributed by atoms with van der Waals surface area (Å²) in [5.74, 6) is 0. The quantitative estimate of drug-likeness (QED) is 0.814. The van der Waals surface area contributed by atoms with Crippen molar-refractivity contribution in [2.45, 2.75) is 58.4 Å². The molecule has 1 aliphatic carbocycles. The van der Waals surface area contributed by atoms with Gasteiger partial charge in [0, 0.05) is 17.6 Å². The molecule has 0 aliphatic heterocycles. The van der Waals surface area contributed by atoms with E-state index in [9.17, 15) is 0 Å². The van der Waals surface area contributed by atoms with Crippen LogP contribution in [0.2, 0.25) is 5.02 Å². The van der Waals surface area contributed by atoms with E-state index in [4.69, 9.17) is 11.6 Å². The van der Waals surface area contributed by atoms with Crippen LogP contribution in [0.5, 0.6) is 0 Å². The minimum absolute atomic E-state index is 0.410. The number of rotatable bonds is 5. The van der Waals surface area contributed by atoms with E-state index in [1.165, 1.54) is 37.7 Å². The van der Waals surface area contributed by atoms with Gasteiger partial charge < -0.3 is 5.32 Å². The third-order valence-corrected chi connectivity index (χ3v) is 4.69. The third-order valence-electron chi connectivity index (χ3n) is 4.32. The summed E-state index contributed by atoms with van der Waals surface area (Å²) in [7, 11) is 0. The fourth-order valence-electron chi connectivity index (χ4n) is 3.18. The molecule has 0 atom stereocenters. The summed E-state index contributed by atoms with van der Waals surface area (Å²) in [5, 5.41) is 4.58. The molecule has 1 nitrogen and oxygen atoms in total. The van der Waals surface area contributed by atoms with Crippen LogP contribution in [0.1, 0.15) is 51.5 Å². The molecule has 1 saturated carbocycles. The number of hydrogen-bond donors (Lipinski definition) is 1. The molecule has 0 heterocycles. The molecule has 0 radical (unpaired) electrons.